The van der Waals surface area contributed by atoms with Crippen molar-refractivity contribution in [3.63, 3.8) is 0 Å². The molecule has 1 aromatic heterocycles. The first-order valence-corrected chi connectivity index (χ1v) is 6.97. The number of carbonyl (C=O) groups excluding carboxylic acids is 1. The lowest BCUT2D eigenvalue weighted by molar-refractivity contribution is 0.102. The second-order valence-electron chi connectivity index (χ2n) is 4.56. The van der Waals surface area contributed by atoms with Gasteiger partial charge in [-0.3, -0.25) is 4.79 Å². The molecular weight excluding hydrogens is 270 g/mol. The van der Waals surface area contributed by atoms with Gasteiger partial charge in [0, 0.05) is 13.5 Å². The summed E-state index contributed by atoms with van der Waals surface area (Å²) in [6.45, 7) is 4.07. The molecule has 0 radical (unpaired) electrons. The Labute approximate surface area is 121 Å². The van der Waals surface area contributed by atoms with Crippen LogP contribution in [-0.2, 0) is 6.54 Å². The number of hydrogen-bond donors (Lipinski definition) is 2. The fourth-order valence-corrected chi connectivity index (χ4v) is 2.79. The van der Waals surface area contributed by atoms with Crippen LogP contribution in [0.3, 0.4) is 0 Å². The third-order valence-corrected chi connectivity index (χ3v) is 4.21. The molecule has 0 aliphatic rings. The van der Waals surface area contributed by atoms with E-state index >= 15 is 0 Å². The molecule has 1 heterocycles. The molecule has 1 aromatic carbocycles. The Bertz CT molecular complexity index is 680. The molecule has 0 aliphatic carbocycles. The lowest BCUT2D eigenvalue weighted by Gasteiger charge is -2.05. The summed E-state index contributed by atoms with van der Waals surface area (Å²) >= 11 is 1.23. The summed E-state index contributed by atoms with van der Waals surface area (Å²) in [5.74, 6) is -0.118. The average molecular weight is 285 g/mol. The van der Waals surface area contributed by atoms with Gasteiger partial charge in [0.05, 0.1) is 10.6 Å². The monoisotopic (exact) mass is 285 g/mol. The number of hydrogen-bond acceptors (Lipinski definition) is 5. The van der Waals surface area contributed by atoms with Crippen LogP contribution < -0.4 is 11.1 Å². The minimum atomic E-state index is -0.118. The van der Waals surface area contributed by atoms with Crippen LogP contribution in [0.4, 0.5) is 10.7 Å². The first-order valence-electron chi connectivity index (χ1n) is 6.15. The van der Waals surface area contributed by atoms with Crippen molar-refractivity contribution in [2.45, 2.75) is 20.4 Å². The third kappa shape index (κ3) is 2.81. The number of ketones is 1. The van der Waals surface area contributed by atoms with E-state index in [1.54, 1.807) is 0 Å². The SMILES string of the molecule is CC(=O)c1sc(NCc2ccc(C)cc2)c(C#N)c1N. The van der Waals surface area contributed by atoms with Gasteiger partial charge in [-0.1, -0.05) is 29.8 Å². The Morgan fingerprint density at radius 1 is 1.40 bits per heavy atom. The number of benzene rings is 1. The van der Waals surface area contributed by atoms with Crippen LogP contribution >= 0.6 is 11.3 Å². The standard InChI is InChI=1S/C15H15N3OS/c1-9-3-5-11(6-4-9)8-18-15-12(7-16)13(17)14(20-15)10(2)19/h3-6,18H,8,17H2,1-2H3. The van der Waals surface area contributed by atoms with Crippen LogP contribution in [0.25, 0.3) is 0 Å². The third-order valence-electron chi connectivity index (χ3n) is 2.95. The highest BCUT2D eigenvalue weighted by Crippen LogP contribution is 2.35. The molecule has 102 valence electrons. The van der Waals surface area contributed by atoms with E-state index in [-0.39, 0.29) is 11.5 Å². The molecule has 0 aliphatic heterocycles. The van der Waals surface area contributed by atoms with Crippen LogP contribution in [-0.4, -0.2) is 5.78 Å². The minimum Gasteiger partial charge on any atom is -0.396 e. The van der Waals surface area contributed by atoms with Gasteiger partial charge in [-0.15, -0.1) is 11.3 Å². The highest BCUT2D eigenvalue weighted by Gasteiger charge is 2.18. The number of nitrogens with one attached hydrogen (secondary N) is 1. The Hall–Kier alpha value is -2.32. The lowest BCUT2D eigenvalue weighted by Crippen LogP contribution is -1.99. The van der Waals surface area contributed by atoms with Crippen molar-refractivity contribution in [1.29, 1.82) is 5.26 Å². The van der Waals surface area contributed by atoms with E-state index in [4.69, 9.17) is 11.0 Å². The normalized spacial score (nSPS) is 10.1. The van der Waals surface area contributed by atoms with E-state index < -0.39 is 0 Å². The van der Waals surface area contributed by atoms with Gasteiger partial charge in [-0.05, 0) is 12.5 Å². The zero-order valence-electron chi connectivity index (χ0n) is 11.4. The van der Waals surface area contributed by atoms with E-state index in [1.807, 2.05) is 31.2 Å². The second-order valence-corrected chi connectivity index (χ2v) is 5.58. The summed E-state index contributed by atoms with van der Waals surface area (Å²) < 4.78 is 0. The number of thiophene rings is 1. The van der Waals surface area contributed by atoms with E-state index in [0.717, 1.165) is 5.56 Å². The number of nitrogen functional groups attached to an aromatic ring is 1. The van der Waals surface area contributed by atoms with Gasteiger partial charge in [0.1, 0.15) is 16.6 Å². The number of nitrogens with zero attached hydrogens (tertiary/aromatic N) is 1. The second kappa shape index (κ2) is 5.76. The van der Waals surface area contributed by atoms with Crippen molar-refractivity contribution in [1.82, 2.24) is 0 Å². The van der Waals surface area contributed by atoms with E-state index in [0.29, 0.717) is 22.0 Å². The van der Waals surface area contributed by atoms with Gasteiger partial charge < -0.3 is 11.1 Å². The highest BCUT2D eigenvalue weighted by molar-refractivity contribution is 7.18. The Kier molecular flexibility index (Phi) is 4.06. The zero-order chi connectivity index (χ0) is 14.7. The molecule has 5 heteroatoms. The predicted molar refractivity (Wildman–Crippen MR) is 82.0 cm³/mol. The van der Waals surface area contributed by atoms with Crippen LogP contribution in [0.1, 0.15) is 33.3 Å². The van der Waals surface area contributed by atoms with Crippen molar-refractivity contribution in [3.8, 4) is 6.07 Å². The lowest BCUT2D eigenvalue weighted by atomic mass is 10.1. The van der Waals surface area contributed by atoms with Crippen molar-refractivity contribution in [2.24, 2.45) is 0 Å². The van der Waals surface area contributed by atoms with Crippen LogP contribution in [0, 0.1) is 18.3 Å². The maximum Gasteiger partial charge on any atom is 0.171 e. The summed E-state index contributed by atoms with van der Waals surface area (Å²) in [5, 5.41) is 13.0. The van der Waals surface area contributed by atoms with Gasteiger partial charge >= 0.3 is 0 Å². The van der Waals surface area contributed by atoms with Crippen molar-refractivity contribution >= 4 is 27.8 Å². The Morgan fingerprint density at radius 3 is 2.60 bits per heavy atom. The number of anilines is 2. The van der Waals surface area contributed by atoms with Crippen LogP contribution in [0.2, 0.25) is 0 Å². The molecule has 0 saturated carbocycles. The molecule has 4 nitrogen and oxygen atoms in total. The topological polar surface area (TPSA) is 78.9 Å². The number of aryl methyl sites for hydroxylation is 1. The van der Waals surface area contributed by atoms with Crippen molar-refractivity contribution in [3.05, 3.63) is 45.8 Å². The molecular formula is C15H15N3OS. The van der Waals surface area contributed by atoms with E-state index in [9.17, 15) is 4.79 Å². The molecule has 0 amide bonds. The molecule has 0 bridgehead atoms. The molecule has 0 fully saturated rings. The fraction of sp³-hybridized carbons (Fsp3) is 0.200. The van der Waals surface area contributed by atoms with Crippen LogP contribution in [0.5, 0.6) is 0 Å². The number of carbonyl (C=O) groups is 1. The molecule has 0 saturated heterocycles. The molecule has 0 unspecified atom stereocenters. The van der Waals surface area contributed by atoms with Gasteiger partial charge in [0.15, 0.2) is 5.78 Å². The molecule has 3 N–H and O–H groups in total. The quantitative estimate of drug-likeness (QED) is 0.844. The average Bonchev–Trinajstić information content (AvgIpc) is 2.74. The van der Waals surface area contributed by atoms with Gasteiger partial charge in [0.25, 0.3) is 0 Å². The largest absolute Gasteiger partial charge is 0.396 e. The number of rotatable bonds is 4. The smallest absolute Gasteiger partial charge is 0.171 e. The van der Waals surface area contributed by atoms with Gasteiger partial charge in [-0.25, -0.2) is 0 Å². The highest BCUT2D eigenvalue weighted by atomic mass is 32.1. The van der Waals surface area contributed by atoms with Crippen LogP contribution in [0.15, 0.2) is 24.3 Å². The molecule has 0 spiro atoms. The van der Waals surface area contributed by atoms with Crippen molar-refractivity contribution in [2.75, 3.05) is 11.1 Å². The number of nitriles is 1. The van der Waals surface area contributed by atoms with E-state index in [1.165, 1.54) is 23.8 Å². The summed E-state index contributed by atoms with van der Waals surface area (Å²) in [5.41, 5.74) is 8.77. The van der Waals surface area contributed by atoms with Crippen molar-refractivity contribution < 1.29 is 4.79 Å². The number of Topliss-reactive ketones (excluding diaryl/α,β-unsaturated/α-hetero) is 1. The first-order chi connectivity index (χ1) is 9.52. The summed E-state index contributed by atoms with van der Waals surface area (Å²) in [6.07, 6.45) is 0. The van der Waals surface area contributed by atoms with Gasteiger partial charge in [-0.2, -0.15) is 5.26 Å². The fourth-order valence-electron chi connectivity index (χ4n) is 1.83. The molecule has 0 atom stereocenters. The predicted octanol–water partition coefficient (Wildman–Crippen LogP) is 3.33. The van der Waals surface area contributed by atoms with Gasteiger partial charge in [0.2, 0.25) is 0 Å². The maximum absolute atomic E-state index is 11.5. The first kappa shape index (κ1) is 14.1. The maximum atomic E-state index is 11.5. The Balaban J connectivity index is 2.21. The molecule has 2 rings (SSSR count). The zero-order valence-corrected chi connectivity index (χ0v) is 12.2. The molecule has 2 aromatic rings. The minimum absolute atomic E-state index is 0.118. The molecule has 20 heavy (non-hydrogen) atoms. The summed E-state index contributed by atoms with van der Waals surface area (Å²) in [4.78, 5) is 11.9. The summed E-state index contributed by atoms with van der Waals surface area (Å²) in [7, 11) is 0. The van der Waals surface area contributed by atoms with E-state index in [2.05, 4.69) is 11.4 Å². The Morgan fingerprint density at radius 2 is 2.05 bits per heavy atom. The summed E-state index contributed by atoms with van der Waals surface area (Å²) in [6, 6.07) is 10.2. The number of nitrogens with two attached hydrogens (primary N) is 1.